The van der Waals surface area contributed by atoms with Gasteiger partial charge in [0.2, 0.25) is 0 Å². The first kappa shape index (κ1) is 14.2. The SMILES string of the molecule is O=C(O)C(CNCC1(O)CCOC1)C(F)(F)F. The third kappa shape index (κ3) is 4.14. The van der Waals surface area contributed by atoms with Crippen LogP contribution in [-0.4, -0.2) is 54.3 Å². The summed E-state index contributed by atoms with van der Waals surface area (Å²) >= 11 is 0. The van der Waals surface area contributed by atoms with Crippen molar-refractivity contribution in [2.45, 2.75) is 18.2 Å². The molecule has 1 rings (SSSR count). The largest absolute Gasteiger partial charge is 0.481 e. The van der Waals surface area contributed by atoms with Crippen LogP contribution in [0.1, 0.15) is 6.42 Å². The lowest BCUT2D eigenvalue weighted by molar-refractivity contribution is -0.192. The molecule has 0 aromatic carbocycles. The normalized spacial score (nSPS) is 27.1. The van der Waals surface area contributed by atoms with Crippen LogP contribution in [0, 0.1) is 5.92 Å². The average Bonchev–Trinajstić information content (AvgIpc) is 2.57. The maximum atomic E-state index is 12.3. The molecule has 1 heterocycles. The number of carboxylic acids is 1. The summed E-state index contributed by atoms with van der Waals surface area (Å²) in [5, 5.41) is 20.5. The van der Waals surface area contributed by atoms with E-state index < -0.39 is 30.2 Å². The Bertz CT molecular complexity index is 276. The number of rotatable bonds is 5. The van der Waals surface area contributed by atoms with Crippen molar-refractivity contribution in [3.63, 3.8) is 0 Å². The first-order valence-electron chi connectivity index (χ1n) is 5.05. The monoisotopic (exact) mass is 257 g/mol. The summed E-state index contributed by atoms with van der Waals surface area (Å²) in [6.07, 6.45) is -4.47. The van der Waals surface area contributed by atoms with Gasteiger partial charge < -0.3 is 20.3 Å². The van der Waals surface area contributed by atoms with Crippen molar-refractivity contribution in [1.82, 2.24) is 5.32 Å². The van der Waals surface area contributed by atoms with E-state index in [9.17, 15) is 23.1 Å². The predicted octanol–water partition coefficient (Wildman–Crippen LogP) is -0.00950. The van der Waals surface area contributed by atoms with Gasteiger partial charge in [0.25, 0.3) is 0 Å². The van der Waals surface area contributed by atoms with Crippen molar-refractivity contribution in [3.05, 3.63) is 0 Å². The molecule has 1 aliphatic rings. The Morgan fingerprint density at radius 1 is 1.53 bits per heavy atom. The van der Waals surface area contributed by atoms with Crippen molar-refractivity contribution < 1.29 is 32.9 Å². The van der Waals surface area contributed by atoms with Crippen LogP contribution >= 0.6 is 0 Å². The second-order valence-electron chi connectivity index (χ2n) is 4.09. The minimum Gasteiger partial charge on any atom is -0.481 e. The molecule has 0 amide bonds. The fraction of sp³-hybridized carbons (Fsp3) is 0.889. The van der Waals surface area contributed by atoms with Gasteiger partial charge in [-0.15, -0.1) is 0 Å². The number of hydrogen-bond acceptors (Lipinski definition) is 4. The molecule has 0 aromatic rings. The van der Waals surface area contributed by atoms with Gasteiger partial charge in [-0.3, -0.25) is 4.79 Å². The molecule has 0 aromatic heterocycles. The quantitative estimate of drug-likeness (QED) is 0.645. The standard InChI is InChI=1S/C9H14F3NO4/c10-9(11,12)6(7(14)15)3-13-4-8(16)1-2-17-5-8/h6,13,16H,1-5H2,(H,14,15). The molecule has 1 saturated heterocycles. The lowest BCUT2D eigenvalue weighted by atomic mass is 10.0. The fourth-order valence-corrected chi connectivity index (χ4v) is 1.53. The molecule has 3 N–H and O–H groups in total. The van der Waals surface area contributed by atoms with E-state index in [1.54, 1.807) is 0 Å². The highest BCUT2D eigenvalue weighted by Gasteiger charge is 2.45. The maximum absolute atomic E-state index is 12.3. The smallest absolute Gasteiger partial charge is 0.403 e. The van der Waals surface area contributed by atoms with Crippen molar-refractivity contribution in [2.24, 2.45) is 5.92 Å². The van der Waals surface area contributed by atoms with Gasteiger partial charge in [0, 0.05) is 26.1 Å². The van der Waals surface area contributed by atoms with Gasteiger partial charge in [-0.25, -0.2) is 0 Å². The van der Waals surface area contributed by atoms with E-state index in [1.165, 1.54) is 0 Å². The Kier molecular flexibility index (Phi) is 4.34. The van der Waals surface area contributed by atoms with E-state index in [0.717, 1.165) is 0 Å². The molecular formula is C9H14F3NO4. The van der Waals surface area contributed by atoms with E-state index in [1.807, 2.05) is 0 Å². The zero-order chi connectivity index (χ0) is 13.1. The summed E-state index contributed by atoms with van der Waals surface area (Å²) < 4.78 is 41.7. The first-order chi connectivity index (χ1) is 7.75. The molecule has 1 aliphatic heterocycles. The summed E-state index contributed by atoms with van der Waals surface area (Å²) in [5.41, 5.74) is -1.20. The second-order valence-corrected chi connectivity index (χ2v) is 4.09. The number of carbonyl (C=O) groups is 1. The zero-order valence-corrected chi connectivity index (χ0v) is 8.96. The van der Waals surface area contributed by atoms with E-state index in [4.69, 9.17) is 9.84 Å². The highest BCUT2D eigenvalue weighted by Crippen LogP contribution is 2.26. The molecule has 5 nitrogen and oxygen atoms in total. The van der Waals surface area contributed by atoms with Crippen LogP contribution in [-0.2, 0) is 9.53 Å². The van der Waals surface area contributed by atoms with Crippen LogP contribution in [0.5, 0.6) is 0 Å². The van der Waals surface area contributed by atoms with Crippen molar-refractivity contribution in [3.8, 4) is 0 Å². The Hall–Kier alpha value is -0.860. The Morgan fingerprint density at radius 2 is 2.18 bits per heavy atom. The Balaban J connectivity index is 2.40. The molecule has 1 fully saturated rings. The van der Waals surface area contributed by atoms with Gasteiger partial charge >= 0.3 is 12.1 Å². The van der Waals surface area contributed by atoms with Crippen LogP contribution < -0.4 is 5.32 Å². The summed E-state index contributed by atoms with van der Waals surface area (Å²) in [4.78, 5) is 10.4. The fourth-order valence-electron chi connectivity index (χ4n) is 1.53. The molecule has 0 saturated carbocycles. The minimum atomic E-state index is -4.80. The Morgan fingerprint density at radius 3 is 2.59 bits per heavy atom. The van der Waals surface area contributed by atoms with E-state index in [2.05, 4.69) is 5.32 Å². The van der Waals surface area contributed by atoms with Crippen LogP contribution in [0.25, 0.3) is 0 Å². The number of halogens is 3. The maximum Gasteiger partial charge on any atom is 0.403 e. The summed E-state index contributed by atoms with van der Waals surface area (Å²) in [7, 11) is 0. The number of ether oxygens (including phenoxy) is 1. The number of carboxylic acid groups (broad SMARTS) is 1. The topological polar surface area (TPSA) is 78.8 Å². The number of aliphatic carboxylic acids is 1. The van der Waals surface area contributed by atoms with Crippen LogP contribution in [0.2, 0.25) is 0 Å². The van der Waals surface area contributed by atoms with Gasteiger partial charge in [-0.05, 0) is 0 Å². The Labute approximate surface area is 95.6 Å². The molecule has 8 heteroatoms. The number of aliphatic hydroxyl groups is 1. The highest BCUT2D eigenvalue weighted by atomic mass is 19.4. The average molecular weight is 257 g/mol. The molecular weight excluding hydrogens is 243 g/mol. The number of nitrogens with one attached hydrogen (secondary N) is 1. The van der Waals surface area contributed by atoms with Gasteiger partial charge in [-0.1, -0.05) is 0 Å². The molecule has 17 heavy (non-hydrogen) atoms. The molecule has 0 bridgehead atoms. The van der Waals surface area contributed by atoms with Crippen molar-refractivity contribution in [2.75, 3.05) is 26.3 Å². The lowest BCUT2D eigenvalue weighted by Crippen LogP contribution is -2.46. The van der Waals surface area contributed by atoms with Crippen LogP contribution in [0.3, 0.4) is 0 Å². The van der Waals surface area contributed by atoms with E-state index in [0.29, 0.717) is 13.0 Å². The highest BCUT2D eigenvalue weighted by molar-refractivity contribution is 5.71. The molecule has 0 radical (unpaired) electrons. The van der Waals surface area contributed by atoms with Crippen molar-refractivity contribution >= 4 is 5.97 Å². The molecule has 0 spiro atoms. The van der Waals surface area contributed by atoms with Gasteiger partial charge in [0.1, 0.15) is 5.60 Å². The zero-order valence-electron chi connectivity index (χ0n) is 8.96. The van der Waals surface area contributed by atoms with Gasteiger partial charge in [0.05, 0.1) is 6.61 Å². The van der Waals surface area contributed by atoms with E-state index in [-0.39, 0.29) is 13.2 Å². The van der Waals surface area contributed by atoms with Crippen LogP contribution in [0.15, 0.2) is 0 Å². The van der Waals surface area contributed by atoms with E-state index >= 15 is 0 Å². The summed E-state index contributed by atoms with van der Waals surface area (Å²) in [6.45, 7) is -0.489. The summed E-state index contributed by atoms with van der Waals surface area (Å²) in [5.74, 6) is -4.40. The van der Waals surface area contributed by atoms with Crippen molar-refractivity contribution in [1.29, 1.82) is 0 Å². The summed E-state index contributed by atoms with van der Waals surface area (Å²) in [6, 6.07) is 0. The van der Waals surface area contributed by atoms with Gasteiger partial charge in [-0.2, -0.15) is 13.2 Å². The molecule has 2 atom stereocenters. The molecule has 2 unspecified atom stereocenters. The molecule has 0 aliphatic carbocycles. The minimum absolute atomic E-state index is 0.0454. The number of hydrogen-bond donors (Lipinski definition) is 3. The predicted molar refractivity (Wildman–Crippen MR) is 50.4 cm³/mol. The third-order valence-electron chi connectivity index (χ3n) is 2.58. The molecule has 100 valence electrons. The van der Waals surface area contributed by atoms with Gasteiger partial charge in [0.15, 0.2) is 5.92 Å². The van der Waals surface area contributed by atoms with Crippen LogP contribution in [0.4, 0.5) is 13.2 Å². The first-order valence-corrected chi connectivity index (χ1v) is 5.05. The second kappa shape index (κ2) is 5.19. The lowest BCUT2D eigenvalue weighted by Gasteiger charge is -2.23. The third-order valence-corrected chi connectivity index (χ3v) is 2.58. The number of alkyl halides is 3.